The Morgan fingerprint density at radius 3 is 2.38 bits per heavy atom. The Hall–Kier alpha value is -3.59. The molecule has 1 aromatic heterocycles. The van der Waals surface area contributed by atoms with Crippen molar-refractivity contribution in [3.8, 4) is 27.8 Å². The highest BCUT2D eigenvalue weighted by molar-refractivity contribution is 7.13. The molecule has 0 saturated carbocycles. The van der Waals surface area contributed by atoms with Crippen molar-refractivity contribution in [2.45, 2.75) is 19.9 Å². The van der Waals surface area contributed by atoms with Gasteiger partial charge in [0.2, 0.25) is 5.91 Å². The Balaban J connectivity index is 1.80. The molecule has 8 nitrogen and oxygen atoms in total. The Labute approximate surface area is 203 Å². The molecule has 0 radical (unpaired) electrons. The predicted octanol–water partition coefficient (Wildman–Crippen LogP) is 3.97. The van der Waals surface area contributed by atoms with Crippen LogP contribution >= 0.6 is 11.3 Å². The van der Waals surface area contributed by atoms with Gasteiger partial charge in [0.25, 0.3) is 0 Å². The third-order valence-corrected chi connectivity index (χ3v) is 5.91. The summed E-state index contributed by atoms with van der Waals surface area (Å²) in [6.07, 6.45) is 0.0470. The molecule has 0 spiro atoms. The van der Waals surface area contributed by atoms with Crippen LogP contribution in [0.3, 0.4) is 0 Å². The summed E-state index contributed by atoms with van der Waals surface area (Å²) in [4.78, 5) is 31.3. The predicted molar refractivity (Wildman–Crippen MR) is 129 cm³/mol. The first-order valence-corrected chi connectivity index (χ1v) is 11.6. The van der Waals surface area contributed by atoms with Gasteiger partial charge in [-0.1, -0.05) is 12.1 Å². The molecule has 0 unspecified atom stereocenters. The maximum atomic E-state index is 13.2. The van der Waals surface area contributed by atoms with Gasteiger partial charge in [-0.05, 0) is 36.8 Å². The molecule has 0 saturated heterocycles. The smallest absolute Gasteiger partial charge is 0.325 e. The molecule has 0 aliphatic rings. The summed E-state index contributed by atoms with van der Waals surface area (Å²) < 4.78 is 21.1. The third-order valence-electron chi connectivity index (χ3n) is 4.99. The summed E-state index contributed by atoms with van der Waals surface area (Å²) in [6.45, 7) is 2.48. The van der Waals surface area contributed by atoms with E-state index in [9.17, 15) is 9.59 Å². The average Bonchev–Trinajstić information content (AvgIpc) is 3.31. The van der Waals surface area contributed by atoms with Crippen LogP contribution in [0.1, 0.15) is 18.2 Å². The van der Waals surface area contributed by atoms with Gasteiger partial charge in [0, 0.05) is 18.0 Å². The number of benzene rings is 2. The molecule has 0 aliphatic carbocycles. The first-order valence-electron chi connectivity index (χ1n) is 10.7. The van der Waals surface area contributed by atoms with E-state index in [-0.39, 0.29) is 25.4 Å². The fourth-order valence-corrected chi connectivity index (χ4v) is 4.18. The molecule has 0 bridgehead atoms. The van der Waals surface area contributed by atoms with Gasteiger partial charge in [0.05, 0.1) is 45.6 Å². The molecular weight excluding hydrogens is 456 g/mol. The molecule has 2 aromatic carbocycles. The molecule has 9 heteroatoms. The number of nitrogens with zero attached hydrogens (tertiary/aromatic N) is 2. The molecule has 0 N–H and O–H groups in total. The molecule has 3 rings (SSSR count). The summed E-state index contributed by atoms with van der Waals surface area (Å²) in [5, 5.41) is 2.62. The number of carbonyl (C=O) groups is 2. The summed E-state index contributed by atoms with van der Waals surface area (Å²) in [6, 6.07) is 13.0. The van der Waals surface area contributed by atoms with Crippen LogP contribution in [-0.2, 0) is 27.3 Å². The van der Waals surface area contributed by atoms with Crippen LogP contribution in [0, 0.1) is 0 Å². The summed E-state index contributed by atoms with van der Waals surface area (Å²) in [5.41, 5.74) is 2.26. The van der Waals surface area contributed by atoms with E-state index in [0.29, 0.717) is 23.8 Å². The molecule has 0 fully saturated rings. The van der Waals surface area contributed by atoms with Gasteiger partial charge in [0.15, 0.2) is 0 Å². The number of ether oxygens (including phenoxy) is 4. The van der Waals surface area contributed by atoms with Crippen molar-refractivity contribution in [3.63, 3.8) is 0 Å². The van der Waals surface area contributed by atoms with E-state index in [4.69, 9.17) is 18.9 Å². The minimum Gasteiger partial charge on any atom is -0.497 e. The van der Waals surface area contributed by atoms with Crippen LogP contribution in [0.25, 0.3) is 10.6 Å². The second kappa shape index (κ2) is 12.0. The van der Waals surface area contributed by atoms with Crippen LogP contribution in [0.5, 0.6) is 17.2 Å². The van der Waals surface area contributed by atoms with Gasteiger partial charge in [0.1, 0.15) is 28.8 Å². The molecule has 180 valence electrons. The summed E-state index contributed by atoms with van der Waals surface area (Å²) in [5.74, 6) is 1.18. The molecule has 34 heavy (non-hydrogen) atoms. The maximum absolute atomic E-state index is 13.2. The summed E-state index contributed by atoms with van der Waals surface area (Å²) in [7, 11) is 4.40. The second-order valence-electron chi connectivity index (χ2n) is 7.30. The number of carbonyl (C=O) groups excluding carboxylic acids is 2. The molecule has 0 atom stereocenters. The van der Waals surface area contributed by atoms with Crippen molar-refractivity contribution < 1.29 is 28.5 Å². The number of esters is 1. The quantitative estimate of drug-likeness (QED) is 0.381. The lowest BCUT2D eigenvalue weighted by Gasteiger charge is -2.22. The van der Waals surface area contributed by atoms with Crippen LogP contribution in [0.4, 0.5) is 0 Å². The number of amides is 1. The molecule has 1 heterocycles. The Morgan fingerprint density at radius 2 is 1.74 bits per heavy atom. The monoisotopic (exact) mass is 484 g/mol. The van der Waals surface area contributed by atoms with Crippen LogP contribution in [-0.4, -0.2) is 56.2 Å². The Bertz CT molecular complexity index is 1110. The van der Waals surface area contributed by atoms with Gasteiger partial charge in [-0.25, -0.2) is 4.98 Å². The van der Waals surface area contributed by atoms with Crippen LogP contribution in [0.2, 0.25) is 0 Å². The number of hydrogen-bond acceptors (Lipinski definition) is 8. The number of methoxy groups -OCH3 is 3. The topological polar surface area (TPSA) is 87.2 Å². The summed E-state index contributed by atoms with van der Waals surface area (Å²) >= 11 is 1.44. The highest BCUT2D eigenvalue weighted by Crippen LogP contribution is 2.32. The van der Waals surface area contributed by atoms with Gasteiger partial charge in [-0.2, -0.15) is 0 Å². The number of thiazole rings is 1. The zero-order chi connectivity index (χ0) is 24.5. The molecule has 0 aliphatic heterocycles. The fourth-order valence-electron chi connectivity index (χ4n) is 3.33. The lowest BCUT2D eigenvalue weighted by atomic mass is 10.1. The Kier molecular flexibility index (Phi) is 8.86. The van der Waals surface area contributed by atoms with E-state index in [1.807, 2.05) is 36.6 Å². The van der Waals surface area contributed by atoms with E-state index in [1.54, 1.807) is 32.4 Å². The Morgan fingerprint density at radius 1 is 1.03 bits per heavy atom. The highest BCUT2D eigenvalue weighted by atomic mass is 32.1. The van der Waals surface area contributed by atoms with Crippen LogP contribution in [0.15, 0.2) is 47.8 Å². The van der Waals surface area contributed by atoms with Crippen molar-refractivity contribution >= 4 is 23.2 Å². The van der Waals surface area contributed by atoms with E-state index in [1.165, 1.54) is 23.3 Å². The van der Waals surface area contributed by atoms with E-state index in [2.05, 4.69) is 4.98 Å². The van der Waals surface area contributed by atoms with Gasteiger partial charge in [-0.3, -0.25) is 9.59 Å². The number of aromatic nitrogens is 1. The lowest BCUT2D eigenvalue weighted by molar-refractivity contribution is -0.147. The van der Waals surface area contributed by atoms with Crippen molar-refractivity contribution in [2.75, 3.05) is 34.5 Å². The minimum atomic E-state index is -0.507. The van der Waals surface area contributed by atoms with Crippen LogP contribution < -0.4 is 14.2 Å². The highest BCUT2D eigenvalue weighted by Gasteiger charge is 2.21. The standard InChI is InChI=1S/C25H28N2O6S/c1-5-33-22-9-7-6-8-21(22)25-26-18(16-34-25)12-23(28)27(15-24(29)32-4)14-17-10-19(30-2)13-20(11-17)31-3/h6-11,13,16H,5,12,14-15H2,1-4H3. The van der Waals surface area contributed by atoms with E-state index < -0.39 is 5.97 Å². The van der Waals surface area contributed by atoms with Gasteiger partial charge >= 0.3 is 5.97 Å². The zero-order valence-corrected chi connectivity index (χ0v) is 20.5. The number of para-hydroxylation sites is 1. The van der Waals surface area contributed by atoms with Gasteiger partial charge in [-0.15, -0.1) is 11.3 Å². The van der Waals surface area contributed by atoms with Crippen molar-refractivity contribution in [1.82, 2.24) is 9.88 Å². The SMILES string of the molecule is CCOc1ccccc1-c1nc(CC(=O)N(CC(=O)OC)Cc2cc(OC)cc(OC)c2)cs1. The normalized spacial score (nSPS) is 10.5. The lowest BCUT2D eigenvalue weighted by Crippen LogP contribution is -2.36. The van der Waals surface area contributed by atoms with Crippen molar-refractivity contribution in [1.29, 1.82) is 0 Å². The second-order valence-corrected chi connectivity index (χ2v) is 8.15. The minimum absolute atomic E-state index is 0.0470. The average molecular weight is 485 g/mol. The molecule has 1 amide bonds. The molecule has 3 aromatic rings. The first kappa shape index (κ1) is 25.0. The maximum Gasteiger partial charge on any atom is 0.325 e. The largest absolute Gasteiger partial charge is 0.497 e. The first-order chi connectivity index (χ1) is 16.5. The van der Waals surface area contributed by atoms with E-state index in [0.717, 1.165) is 21.9 Å². The number of rotatable bonds is 11. The van der Waals surface area contributed by atoms with E-state index >= 15 is 0 Å². The van der Waals surface area contributed by atoms with Crippen molar-refractivity contribution in [3.05, 3.63) is 59.1 Å². The third kappa shape index (κ3) is 6.48. The number of hydrogen-bond donors (Lipinski definition) is 0. The molecular formula is C25H28N2O6S. The van der Waals surface area contributed by atoms with Crippen molar-refractivity contribution in [2.24, 2.45) is 0 Å². The zero-order valence-electron chi connectivity index (χ0n) is 19.7. The van der Waals surface area contributed by atoms with Gasteiger partial charge < -0.3 is 23.8 Å². The fraction of sp³-hybridized carbons (Fsp3) is 0.320.